The highest BCUT2D eigenvalue weighted by Gasteiger charge is 2.29. The van der Waals surface area contributed by atoms with E-state index in [1.165, 1.54) is 6.42 Å². The number of hydrogen-bond acceptors (Lipinski definition) is 4. The Balaban J connectivity index is 1.95. The van der Waals surface area contributed by atoms with Gasteiger partial charge in [-0.2, -0.15) is 0 Å². The summed E-state index contributed by atoms with van der Waals surface area (Å²) in [5, 5.41) is 0.904. The number of benzene rings is 2. The Morgan fingerprint density at radius 1 is 1.07 bits per heavy atom. The van der Waals surface area contributed by atoms with Crippen LogP contribution in [-0.2, 0) is 9.84 Å². The average molecular weight is 395 g/mol. The monoisotopic (exact) mass is 394 g/mol. The lowest BCUT2D eigenvalue weighted by Gasteiger charge is -2.34. The summed E-state index contributed by atoms with van der Waals surface area (Å²) < 4.78 is 27.2. The summed E-state index contributed by atoms with van der Waals surface area (Å²) in [5.41, 5.74) is 3.69. The van der Waals surface area contributed by atoms with Gasteiger partial charge in [0.15, 0.2) is 0 Å². The summed E-state index contributed by atoms with van der Waals surface area (Å²) >= 11 is 0. The van der Waals surface area contributed by atoms with Crippen LogP contribution in [0.3, 0.4) is 0 Å². The van der Waals surface area contributed by atoms with E-state index >= 15 is 0 Å². The van der Waals surface area contributed by atoms with Gasteiger partial charge in [-0.3, -0.25) is 4.98 Å². The first-order valence-corrected chi connectivity index (χ1v) is 11.3. The standard InChI is InChI=1S/C23H26N2O2S/c1-16-7-6-12-25(15-16)23-20-8-4-5-9-21(20)24-14-22(23)28(26,27)19-11-10-17(2)18(3)13-19/h4-5,8-11,13-14,16H,6-7,12,15H2,1-3H3/t16-/m0/s1. The van der Waals surface area contributed by atoms with Crippen molar-refractivity contribution in [2.75, 3.05) is 18.0 Å². The van der Waals surface area contributed by atoms with Crippen molar-refractivity contribution in [1.29, 1.82) is 0 Å². The Labute approximate surface area is 167 Å². The Morgan fingerprint density at radius 3 is 2.61 bits per heavy atom. The molecule has 0 bridgehead atoms. The number of hydrogen-bond donors (Lipinski definition) is 0. The maximum absolute atomic E-state index is 13.6. The molecule has 0 spiro atoms. The molecule has 0 aliphatic carbocycles. The molecule has 0 radical (unpaired) electrons. The molecule has 28 heavy (non-hydrogen) atoms. The molecule has 1 aliphatic rings. The molecule has 0 saturated carbocycles. The number of aromatic nitrogens is 1. The zero-order chi connectivity index (χ0) is 19.9. The molecule has 0 unspecified atom stereocenters. The van der Waals surface area contributed by atoms with Gasteiger partial charge in [0.1, 0.15) is 4.90 Å². The summed E-state index contributed by atoms with van der Waals surface area (Å²) in [7, 11) is -3.67. The highest BCUT2D eigenvalue weighted by Crippen LogP contribution is 2.37. The summed E-state index contributed by atoms with van der Waals surface area (Å²) in [5.74, 6) is 0.540. The van der Waals surface area contributed by atoms with E-state index in [9.17, 15) is 8.42 Å². The SMILES string of the molecule is Cc1ccc(S(=O)(=O)c2cnc3ccccc3c2N2CCC[C@H](C)C2)cc1C. The van der Waals surface area contributed by atoms with Crippen molar-refractivity contribution < 1.29 is 8.42 Å². The van der Waals surface area contributed by atoms with Gasteiger partial charge in [-0.25, -0.2) is 8.42 Å². The van der Waals surface area contributed by atoms with E-state index < -0.39 is 9.84 Å². The van der Waals surface area contributed by atoms with Gasteiger partial charge >= 0.3 is 0 Å². The van der Waals surface area contributed by atoms with Crippen molar-refractivity contribution in [1.82, 2.24) is 4.98 Å². The minimum atomic E-state index is -3.67. The molecule has 0 amide bonds. The molecule has 1 atom stereocenters. The van der Waals surface area contributed by atoms with E-state index in [1.807, 2.05) is 44.2 Å². The second kappa shape index (κ2) is 7.21. The zero-order valence-electron chi connectivity index (χ0n) is 16.6. The zero-order valence-corrected chi connectivity index (χ0v) is 17.5. The summed E-state index contributed by atoms with van der Waals surface area (Å²) in [4.78, 5) is 7.37. The number of piperidine rings is 1. The Morgan fingerprint density at radius 2 is 1.86 bits per heavy atom. The number of para-hydroxylation sites is 1. The van der Waals surface area contributed by atoms with Crippen molar-refractivity contribution in [3.8, 4) is 0 Å². The smallest absolute Gasteiger partial charge is 0.210 e. The van der Waals surface area contributed by atoms with Crippen LogP contribution in [-0.4, -0.2) is 26.5 Å². The number of sulfone groups is 1. The highest BCUT2D eigenvalue weighted by atomic mass is 32.2. The molecular weight excluding hydrogens is 368 g/mol. The minimum Gasteiger partial charge on any atom is -0.370 e. The molecule has 0 N–H and O–H groups in total. The molecule has 1 aliphatic heterocycles. The number of fused-ring (bicyclic) bond motifs is 1. The Kier molecular flexibility index (Phi) is 4.88. The first-order chi connectivity index (χ1) is 13.4. The largest absolute Gasteiger partial charge is 0.370 e. The third kappa shape index (κ3) is 3.28. The lowest BCUT2D eigenvalue weighted by molar-refractivity contribution is 0.446. The minimum absolute atomic E-state index is 0.309. The number of pyridine rings is 1. The molecular formula is C23H26N2O2S. The maximum Gasteiger partial charge on any atom is 0.210 e. The van der Waals surface area contributed by atoms with E-state index in [2.05, 4.69) is 16.8 Å². The van der Waals surface area contributed by atoms with Crippen LogP contribution in [0.2, 0.25) is 0 Å². The third-order valence-corrected chi connectivity index (χ3v) is 7.52. The van der Waals surface area contributed by atoms with Gasteiger partial charge in [-0.05, 0) is 61.9 Å². The summed E-state index contributed by atoms with van der Waals surface area (Å²) in [6.45, 7) is 7.90. The van der Waals surface area contributed by atoms with Crippen LogP contribution < -0.4 is 4.90 Å². The van der Waals surface area contributed by atoms with Crippen molar-refractivity contribution in [2.45, 2.75) is 43.4 Å². The topological polar surface area (TPSA) is 50.3 Å². The van der Waals surface area contributed by atoms with Crippen LogP contribution in [0.15, 0.2) is 58.5 Å². The van der Waals surface area contributed by atoms with Gasteiger partial charge in [0.25, 0.3) is 0 Å². The van der Waals surface area contributed by atoms with E-state index in [1.54, 1.807) is 18.3 Å². The molecule has 146 valence electrons. The molecule has 3 aromatic rings. The Bertz CT molecular complexity index is 1140. The predicted octanol–water partition coefficient (Wildman–Crippen LogP) is 4.92. The lowest BCUT2D eigenvalue weighted by atomic mass is 9.99. The number of rotatable bonds is 3. The quantitative estimate of drug-likeness (QED) is 0.633. The first kappa shape index (κ1) is 18.9. The number of nitrogens with zero attached hydrogens (tertiary/aromatic N) is 2. The van der Waals surface area contributed by atoms with Crippen LogP contribution in [0, 0.1) is 19.8 Å². The molecule has 4 nitrogen and oxygen atoms in total. The second-order valence-electron chi connectivity index (χ2n) is 7.93. The summed E-state index contributed by atoms with van der Waals surface area (Å²) in [6.07, 6.45) is 3.79. The van der Waals surface area contributed by atoms with Crippen molar-refractivity contribution in [2.24, 2.45) is 5.92 Å². The molecule has 2 heterocycles. The van der Waals surface area contributed by atoms with E-state index in [0.717, 1.165) is 47.2 Å². The molecule has 4 rings (SSSR count). The van der Waals surface area contributed by atoms with E-state index in [-0.39, 0.29) is 0 Å². The number of anilines is 1. The molecule has 1 saturated heterocycles. The molecule has 1 fully saturated rings. The van der Waals surface area contributed by atoms with Crippen LogP contribution in [0.25, 0.3) is 10.9 Å². The lowest BCUT2D eigenvalue weighted by Crippen LogP contribution is -2.35. The normalized spacial score (nSPS) is 17.8. The van der Waals surface area contributed by atoms with Gasteiger partial charge in [0.2, 0.25) is 9.84 Å². The van der Waals surface area contributed by atoms with Crippen LogP contribution in [0.4, 0.5) is 5.69 Å². The van der Waals surface area contributed by atoms with Gasteiger partial charge in [0, 0.05) is 24.7 Å². The fourth-order valence-corrected chi connectivity index (χ4v) is 5.55. The van der Waals surface area contributed by atoms with Crippen LogP contribution in [0.5, 0.6) is 0 Å². The van der Waals surface area contributed by atoms with Crippen LogP contribution >= 0.6 is 0 Å². The van der Waals surface area contributed by atoms with Gasteiger partial charge < -0.3 is 4.90 Å². The van der Waals surface area contributed by atoms with Crippen molar-refractivity contribution >= 4 is 26.4 Å². The van der Waals surface area contributed by atoms with Crippen molar-refractivity contribution in [3.63, 3.8) is 0 Å². The second-order valence-corrected chi connectivity index (χ2v) is 9.85. The average Bonchev–Trinajstić information content (AvgIpc) is 2.69. The fraction of sp³-hybridized carbons (Fsp3) is 0.348. The fourth-order valence-electron chi connectivity index (χ4n) is 4.03. The maximum atomic E-state index is 13.6. The van der Waals surface area contributed by atoms with Gasteiger partial charge in [0.05, 0.1) is 16.1 Å². The predicted molar refractivity (Wildman–Crippen MR) is 114 cm³/mol. The van der Waals surface area contributed by atoms with E-state index in [4.69, 9.17) is 0 Å². The van der Waals surface area contributed by atoms with Gasteiger partial charge in [-0.15, -0.1) is 0 Å². The van der Waals surface area contributed by atoms with E-state index in [0.29, 0.717) is 15.7 Å². The van der Waals surface area contributed by atoms with Crippen LogP contribution in [0.1, 0.15) is 30.9 Å². The van der Waals surface area contributed by atoms with Gasteiger partial charge in [-0.1, -0.05) is 31.2 Å². The van der Waals surface area contributed by atoms with Crippen molar-refractivity contribution in [3.05, 3.63) is 59.8 Å². The number of aryl methyl sites for hydroxylation is 2. The summed E-state index contributed by atoms with van der Waals surface area (Å²) in [6, 6.07) is 13.2. The molecule has 5 heteroatoms. The Hall–Kier alpha value is -2.40. The third-order valence-electron chi connectivity index (χ3n) is 5.76. The molecule has 1 aromatic heterocycles. The first-order valence-electron chi connectivity index (χ1n) is 9.83. The highest BCUT2D eigenvalue weighted by molar-refractivity contribution is 7.91. The molecule has 2 aromatic carbocycles.